The fraction of sp³-hybridized carbons (Fsp3) is 0.231. The Balaban J connectivity index is 2.40. The summed E-state index contributed by atoms with van der Waals surface area (Å²) in [5, 5.41) is 7.46. The molecule has 1 aromatic heterocycles. The fourth-order valence-corrected chi connectivity index (χ4v) is 2.13. The highest BCUT2D eigenvalue weighted by Crippen LogP contribution is 2.30. The van der Waals surface area contributed by atoms with Gasteiger partial charge in [-0.2, -0.15) is 0 Å². The van der Waals surface area contributed by atoms with Crippen molar-refractivity contribution in [3.05, 3.63) is 40.1 Å². The molecule has 0 radical (unpaired) electrons. The molecule has 0 aliphatic carbocycles. The first-order chi connectivity index (χ1) is 9.15. The highest BCUT2D eigenvalue weighted by atomic mass is 35.5. The van der Waals surface area contributed by atoms with Crippen LogP contribution in [0.1, 0.15) is 12.5 Å². The van der Waals surface area contributed by atoms with Crippen molar-refractivity contribution in [2.24, 2.45) is 0 Å². The van der Waals surface area contributed by atoms with Crippen molar-refractivity contribution in [3.63, 3.8) is 0 Å². The summed E-state index contributed by atoms with van der Waals surface area (Å²) in [6.45, 7) is 2.05. The lowest BCUT2D eigenvalue weighted by Crippen LogP contribution is -2.05. The molecule has 2 rings (SSSR count). The fourth-order valence-electron chi connectivity index (χ4n) is 1.79. The van der Waals surface area contributed by atoms with E-state index in [1.807, 2.05) is 14.0 Å². The highest BCUT2D eigenvalue weighted by molar-refractivity contribution is 6.35. The van der Waals surface area contributed by atoms with Crippen molar-refractivity contribution in [1.29, 1.82) is 0 Å². The highest BCUT2D eigenvalue weighted by Gasteiger charge is 2.10. The first-order valence-electron chi connectivity index (χ1n) is 5.89. The molecule has 2 N–H and O–H groups in total. The van der Waals surface area contributed by atoms with Crippen LogP contribution in [-0.2, 0) is 6.42 Å². The van der Waals surface area contributed by atoms with E-state index in [1.165, 1.54) is 6.33 Å². The van der Waals surface area contributed by atoms with Crippen molar-refractivity contribution in [2.45, 2.75) is 13.3 Å². The number of hydrogen-bond donors (Lipinski definition) is 2. The lowest BCUT2D eigenvalue weighted by Gasteiger charge is -2.13. The molecule has 0 amide bonds. The summed E-state index contributed by atoms with van der Waals surface area (Å²) >= 11 is 12.1. The maximum atomic E-state index is 6.14. The van der Waals surface area contributed by atoms with E-state index in [4.69, 9.17) is 23.2 Å². The van der Waals surface area contributed by atoms with Crippen molar-refractivity contribution in [3.8, 4) is 0 Å². The molecule has 0 unspecified atom stereocenters. The average molecular weight is 297 g/mol. The normalized spacial score (nSPS) is 10.3. The van der Waals surface area contributed by atoms with Crippen LogP contribution >= 0.6 is 23.2 Å². The Hall–Kier alpha value is -1.52. The molecular formula is C13H14Cl2N4. The predicted molar refractivity (Wildman–Crippen MR) is 80.7 cm³/mol. The van der Waals surface area contributed by atoms with Crippen LogP contribution in [0.25, 0.3) is 0 Å². The number of halogens is 2. The van der Waals surface area contributed by atoms with Crippen LogP contribution in [0.15, 0.2) is 24.5 Å². The summed E-state index contributed by atoms with van der Waals surface area (Å²) in [6, 6.07) is 5.26. The average Bonchev–Trinajstić information content (AvgIpc) is 2.42. The smallest absolute Gasteiger partial charge is 0.139 e. The molecular weight excluding hydrogens is 283 g/mol. The van der Waals surface area contributed by atoms with Gasteiger partial charge in [0.15, 0.2) is 0 Å². The maximum Gasteiger partial charge on any atom is 0.139 e. The number of nitrogens with one attached hydrogen (secondary N) is 2. The molecule has 1 aromatic carbocycles. The Bertz CT molecular complexity index is 587. The number of rotatable bonds is 4. The molecule has 2 aromatic rings. The summed E-state index contributed by atoms with van der Waals surface area (Å²) < 4.78 is 0. The molecule has 1 heterocycles. The first kappa shape index (κ1) is 13.9. The van der Waals surface area contributed by atoms with Gasteiger partial charge in [0.25, 0.3) is 0 Å². The van der Waals surface area contributed by atoms with E-state index in [0.717, 1.165) is 29.3 Å². The zero-order valence-corrected chi connectivity index (χ0v) is 12.2. The van der Waals surface area contributed by atoms with Crippen LogP contribution < -0.4 is 10.6 Å². The Morgan fingerprint density at radius 1 is 1.16 bits per heavy atom. The SMILES string of the molecule is CCc1c(NC)ncnc1Nc1cc(Cl)ccc1Cl. The van der Waals surface area contributed by atoms with Crippen LogP contribution in [0.2, 0.25) is 10.0 Å². The van der Waals surface area contributed by atoms with Gasteiger partial charge in [0.1, 0.15) is 18.0 Å². The zero-order valence-electron chi connectivity index (χ0n) is 10.7. The minimum absolute atomic E-state index is 0.594. The Labute approximate surface area is 122 Å². The van der Waals surface area contributed by atoms with Gasteiger partial charge in [-0.05, 0) is 24.6 Å². The Kier molecular flexibility index (Phi) is 4.45. The van der Waals surface area contributed by atoms with Crippen LogP contribution in [0.4, 0.5) is 17.3 Å². The van der Waals surface area contributed by atoms with Gasteiger partial charge < -0.3 is 10.6 Å². The summed E-state index contributed by atoms with van der Waals surface area (Å²) in [7, 11) is 1.83. The van der Waals surface area contributed by atoms with Gasteiger partial charge in [-0.3, -0.25) is 0 Å². The van der Waals surface area contributed by atoms with E-state index in [0.29, 0.717) is 10.0 Å². The predicted octanol–water partition coefficient (Wildman–Crippen LogP) is 4.13. The number of aromatic nitrogens is 2. The van der Waals surface area contributed by atoms with Crippen LogP contribution in [0.5, 0.6) is 0 Å². The van der Waals surface area contributed by atoms with Gasteiger partial charge in [-0.25, -0.2) is 9.97 Å². The quantitative estimate of drug-likeness (QED) is 0.891. The van der Waals surface area contributed by atoms with E-state index >= 15 is 0 Å². The second-order valence-electron chi connectivity index (χ2n) is 3.90. The Morgan fingerprint density at radius 3 is 2.58 bits per heavy atom. The standard InChI is InChI=1S/C13H14Cl2N4/c1-3-9-12(16-2)17-7-18-13(9)19-11-6-8(14)4-5-10(11)15/h4-7H,3H2,1-2H3,(H2,16,17,18,19). The van der Waals surface area contributed by atoms with Gasteiger partial charge >= 0.3 is 0 Å². The molecule has 0 bridgehead atoms. The number of anilines is 3. The summed E-state index contributed by atoms with van der Waals surface area (Å²) in [5.74, 6) is 1.53. The molecule has 0 atom stereocenters. The van der Waals surface area contributed by atoms with Gasteiger partial charge in [0.05, 0.1) is 10.7 Å². The first-order valence-corrected chi connectivity index (χ1v) is 6.65. The Morgan fingerprint density at radius 2 is 1.89 bits per heavy atom. The van der Waals surface area contributed by atoms with Gasteiger partial charge in [0, 0.05) is 17.6 Å². The van der Waals surface area contributed by atoms with Crippen LogP contribution in [0.3, 0.4) is 0 Å². The molecule has 19 heavy (non-hydrogen) atoms. The van der Waals surface area contributed by atoms with E-state index in [2.05, 4.69) is 20.6 Å². The van der Waals surface area contributed by atoms with Gasteiger partial charge in [0.2, 0.25) is 0 Å². The third-order valence-electron chi connectivity index (χ3n) is 2.72. The topological polar surface area (TPSA) is 49.8 Å². The monoisotopic (exact) mass is 296 g/mol. The minimum atomic E-state index is 0.594. The lowest BCUT2D eigenvalue weighted by molar-refractivity contribution is 1.05. The lowest BCUT2D eigenvalue weighted by atomic mass is 10.2. The van der Waals surface area contributed by atoms with Crippen LogP contribution in [-0.4, -0.2) is 17.0 Å². The van der Waals surface area contributed by atoms with E-state index < -0.39 is 0 Å². The number of hydrogen-bond acceptors (Lipinski definition) is 4. The molecule has 6 heteroatoms. The minimum Gasteiger partial charge on any atom is -0.373 e. The van der Waals surface area contributed by atoms with Gasteiger partial charge in [-0.15, -0.1) is 0 Å². The van der Waals surface area contributed by atoms with Crippen molar-refractivity contribution < 1.29 is 0 Å². The molecule has 0 aliphatic heterocycles. The third-order valence-corrected chi connectivity index (χ3v) is 3.28. The zero-order chi connectivity index (χ0) is 13.8. The largest absolute Gasteiger partial charge is 0.373 e. The van der Waals surface area contributed by atoms with Crippen molar-refractivity contribution >= 4 is 40.5 Å². The van der Waals surface area contributed by atoms with Gasteiger partial charge in [-0.1, -0.05) is 30.1 Å². The second-order valence-corrected chi connectivity index (χ2v) is 4.75. The third kappa shape index (κ3) is 3.08. The van der Waals surface area contributed by atoms with Crippen LogP contribution in [0, 0.1) is 0 Å². The van der Waals surface area contributed by atoms with Crippen molar-refractivity contribution in [1.82, 2.24) is 9.97 Å². The molecule has 0 fully saturated rings. The molecule has 4 nitrogen and oxygen atoms in total. The summed E-state index contributed by atoms with van der Waals surface area (Å²) in [5.41, 5.74) is 1.73. The second kappa shape index (κ2) is 6.08. The van der Waals surface area contributed by atoms with E-state index in [1.54, 1.807) is 18.2 Å². The van der Waals surface area contributed by atoms with E-state index in [9.17, 15) is 0 Å². The molecule has 0 saturated heterocycles. The van der Waals surface area contributed by atoms with Crippen molar-refractivity contribution in [2.75, 3.05) is 17.7 Å². The molecule has 100 valence electrons. The maximum absolute atomic E-state index is 6.14. The summed E-state index contributed by atoms with van der Waals surface area (Å²) in [6.07, 6.45) is 2.31. The number of benzene rings is 1. The van der Waals surface area contributed by atoms with E-state index in [-0.39, 0.29) is 0 Å². The molecule has 0 saturated carbocycles. The summed E-state index contributed by atoms with van der Waals surface area (Å²) in [4.78, 5) is 8.45. The number of nitrogens with zero attached hydrogens (tertiary/aromatic N) is 2. The molecule has 0 spiro atoms. The molecule has 0 aliphatic rings.